The number of ether oxygens (including phenoxy) is 1. The molecule has 4 aromatic rings. The number of Topliss-reactive ketones (excluding diaryl/α,β-unsaturated/α-hetero) is 1. The zero-order chi connectivity index (χ0) is 20.7. The van der Waals surface area contributed by atoms with E-state index in [1.807, 2.05) is 42.5 Å². The first kappa shape index (κ1) is 18.5. The van der Waals surface area contributed by atoms with E-state index in [2.05, 4.69) is 0 Å². The third-order valence-electron chi connectivity index (χ3n) is 5.15. The summed E-state index contributed by atoms with van der Waals surface area (Å²) in [5, 5.41) is 1.35. The van der Waals surface area contributed by atoms with Gasteiger partial charge in [0.2, 0.25) is 0 Å². The number of carbonyl (C=O) groups excluding carboxylic acids is 2. The van der Waals surface area contributed by atoms with Crippen molar-refractivity contribution in [2.45, 2.75) is 12.5 Å². The third kappa shape index (κ3) is 3.23. The second-order valence-electron chi connectivity index (χ2n) is 7.05. The number of halogens is 1. The lowest BCUT2D eigenvalue weighted by Gasteiger charge is -2.35. The lowest BCUT2D eigenvalue weighted by atomic mass is 9.96. The fraction of sp³-hybridized carbons (Fsp3) is 0.0833. The van der Waals surface area contributed by atoms with E-state index in [0.29, 0.717) is 27.6 Å². The Hall–Kier alpha value is -3.57. The van der Waals surface area contributed by atoms with Crippen LogP contribution in [0.3, 0.4) is 0 Å². The van der Waals surface area contributed by atoms with E-state index in [9.17, 15) is 9.59 Å². The third-order valence-corrected chi connectivity index (χ3v) is 5.39. The van der Waals surface area contributed by atoms with Crippen molar-refractivity contribution in [3.63, 3.8) is 0 Å². The number of hydrogen-bond donors (Lipinski definition) is 0. The first-order chi connectivity index (χ1) is 14.6. The molecule has 0 radical (unpaired) electrons. The van der Waals surface area contributed by atoms with Crippen molar-refractivity contribution >= 4 is 40.1 Å². The van der Waals surface area contributed by atoms with Gasteiger partial charge < -0.3 is 9.15 Å². The Morgan fingerprint density at radius 3 is 2.53 bits per heavy atom. The molecule has 1 unspecified atom stereocenters. The fourth-order valence-electron chi connectivity index (χ4n) is 3.75. The smallest absolute Gasteiger partial charge is 0.420 e. The van der Waals surface area contributed by atoms with E-state index in [-0.39, 0.29) is 18.0 Å². The predicted octanol–water partition coefficient (Wildman–Crippen LogP) is 6.42. The summed E-state index contributed by atoms with van der Waals surface area (Å²) in [4.78, 5) is 27.5. The molecular formula is C24H16ClNO4. The summed E-state index contributed by atoms with van der Waals surface area (Å²) in [6.07, 6.45) is -0.518. The van der Waals surface area contributed by atoms with E-state index in [4.69, 9.17) is 20.8 Å². The summed E-state index contributed by atoms with van der Waals surface area (Å²) in [6.45, 7) is 0. The molecule has 2 heterocycles. The van der Waals surface area contributed by atoms with E-state index < -0.39 is 12.1 Å². The zero-order valence-corrected chi connectivity index (χ0v) is 16.5. The lowest BCUT2D eigenvalue weighted by Crippen LogP contribution is -2.42. The number of benzene rings is 3. The van der Waals surface area contributed by atoms with Crippen molar-refractivity contribution in [1.29, 1.82) is 0 Å². The van der Waals surface area contributed by atoms with Crippen LogP contribution in [0.25, 0.3) is 11.0 Å². The van der Waals surface area contributed by atoms with Crippen LogP contribution in [0.1, 0.15) is 28.6 Å². The Labute approximate surface area is 177 Å². The highest BCUT2D eigenvalue weighted by atomic mass is 35.5. The number of nitrogens with zero attached hydrogens (tertiary/aromatic N) is 1. The Kier molecular flexibility index (Phi) is 4.52. The molecule has 0 N–H and O–H groups in total. The van der Waals surface area contributed by atoms with E-state index >= 15 is 0 Å². The van der Waals surface area contributed by atoms with Gasteiger partial charge in [0.25, 0.3) is 0 Å². The van der Waals surface area contributed by atoms with Gasteiger partial charge in [0.1, 0.15) is 11.3 Å². The molecule has 0 bridgehead atoms. The van der Waals surface area contributed by atoms with Crippen molar-refractivity contribution in [1.82, 2.24) is 0 Å². The van der Waals surface area contributed by atoms with Crippen molar-refractivity contribution < 1.29 is 18.7 Å². The number of para-hydroxylation sites is 2. The Morgan fingerprint density at radius 2 is 1.73 bits per heavy atom. The molecule has 1 amide bonds. The molecule has 0 spiro atoms. The normalized spacial score (nSPS) is 15.7. The first-order valence-electron chi connectivity index (χ1n) is 9.47. The van der Waals surface area contributed by atoms with Gasteiger partial charge in [0, 0.05) is 28.1 Å². The molecule has 0 aliphatic carbocycles. The average molecular weight is 418 g/mol. The Balaban J connectivity index is 1.57. The van der Waals surface area contributed by atoms with Crippen molar-refractivity contribution in [3.05, 3.63) is 95.2 Å². The predicted molar refractivity (Wildman–Crippen MR) is 114 cm³/mol. The van der Waals surface area contributed by atoms with Gasteiger partial charge in [-0.3, -0.25) is 9.69 Å². The Bertz CT molecular complexity index is 1230. The minimum atomic E-state index is -0.580. The van der Waals surface area contributed by atoms with E-state index in [0.717, 1.165) is 5.39 Å². The van der Waals surface area contributed by atoms with Crippen LogP contribution < -0.4 is 9.64 Å². The topological polar surface area (TPSA) is 59.8 Å². The Morgan fingerprint density at radius 1 is 0.967 bits per heavy atom. The number of rotatable bonds is 4. The summed E-state index contributed by atoms with van der Waals surface area (Å²) < 4.78 is 11.3. The van der Waals surface area contributed by atoms with Gasteiger partial charge in [-0.15, -0.1) is 0 Å². The van der Waals surface area contributed by atoms with Gasteiger partial charge in [-0.1, -0.05) is 48.0 Å². The van der Waals surface area contributed by atoms with Crippen LogP contribution in [-0.2, 0) is 0 Å². The van der Waals surface area contributed by atoms with Crippen LogP contribution in [0, 0.1) is 0 Å². The maximum absolute atomic E-state index is 13.2. The summed E-state index contributed by atoms with van der Waals surface area (Å²) in [5.74, 6) is 0.448. The molecule has 0 saturated heterocycles. The lowest BCUT2D eigenvalue weighted by molar-refractivity contribution is 0.0946. The number of ketones is 1. The molecule has 6 heteroatoms. The number of anilines is 1. The highest BCUT2D eigenvalue weighted by Gasteiger charge is 2.37. The highest BCUT2D eigenvalue weighted by molar-refractivity contribution is 6.30. The summed E-state index contributed by atoms with van der Waals surface area (Å²) >= 11 is 6.22. The van der Waals surface area contributed by atoms with Crippen molar-refractivity contribution in [2.24, 2.45) is 0 Å². The van der Waals surface area contributed by atoms with Gasteiger partial charge in [-0.25, -0.2) is 4.79 Å². The maximum Gasteiger partial charge on any atom is 0.420 e. The summed E-state index contributed by atoms with van der Waals surface area (Å²) in [5.41, 5.74) is 1.96. The first-order valence-corrected chi connectivity index (χ1v) is 9.85. The SMILES string of the molecule is O=C(CC1c2cc(Cl)ccc2OC(=O)N1c1ccccc1)c1cc2ccccc2o1. The number of fused-ring (bicyclic) bond motifs is 2. The number of furan rings is 1. The summed E-state index contributed by atoms with van der Waals surface area (Å²) in [7, 11) is 0. The van der Waals surface area contributed by atoms with Crippen LogP contribution in [0.15, 0.2) is 83.3 Å². The molecule has 0 fully saturated rings. The van der Waals surface area contributed by atoms with Gasteiger partial charge in [-0.05, 0) is 42.5 Å². The number of amides is 1. The van der Waals surface area contributed by atoms with Crippen LogP contribution in [-0.4, -0.2) is 11.9 Å². The standard InChI is InChI=1S/C24H16ClNO4/c25-16-10-11-22-18(13-16)19(26(24(28)30-22)17-7-2-1-3-8-17)14-20(27)23-12-15-6-4-5-9-21(15)29-23/h1-13,19H,14H2. The molecular weight excluding hydrogens is 402 g/mol. The molecule has 1 aliphatic heterocycles. The van der Waals surface area contributed by atoms with Crippen LogP contribution in [0.4, 0.5) is 10.5 Å². The van der Waals surface area contributed by atoms with Crippen molar-refractivity contribution in [2.75, 3.05) is 4.90 Å². The minimum Gasteiger partial charge on any atom is -0.453 e. The fourth-order valence-corrected chi connectivity index (χ4v) is 3.93. The average Bonchev–Trinajstić information content (AvgIpc) is 3.19. The van der Waals surface area contributed by atoms with Crippen LogP contribution in [0.5, 0.6) is 5.75 Å². The highest BCUT2D eigenvalue weighted by Crippen LogP contribution is 2.41. The second kappa shape index (κ2) is 7.35. The molecule has 1 aliphatic rings. The minimum absolute atomic E-state index is 0.0250. The van der Waals surface area contributed by atoms with Crippen LogP contribution >= 0.6 is 11.6 Å². The van der Waals surface area contributed by atoms with Crippen LogP contribution in [0.2, 0.25) is 5.02 Å². The summed E-state index contributed by atoms with van der Waals surface area (Å²) in [6, 6.07) is 22.7. The van der Waals surface area contributed by atoms with Crippen molar-refractivity contribution in [3.8, 4) is 5.75 Å². The molecule has 0 saturated carbocycles. The maximum atomic E-state index is 13.2. The molecule has 5 rings (SSSR count). The molecule has 30 heavy (non-hydrogen) atoms. The van der Waals surface area contributed by atoms with E-state index in [1.165, 1.54) is 4.90 Å². The second-order valence-corrected chi connectivity index (χ2v) is 7.48. The quantitative estimate of drug-likeness (QED) is 0.359. The zero-order valence-electron chi connectivity index (χ0n) is 15.7. The number of hydrogen-bond acceptors (Lipinski definition) is 4. The molecule has 3 aromatic carbocycles. The largest absolute Gasteiger partial charge is 0.453 e. The molecule has 5 nitrogen and oxygen atoms in total. The number of carbonyl (C=O) groups is 2. The van der Waals surface area contributed by atoms with Gasteiger partial charge in [0.15, 0.2) is 11.5 Å². The molecule has 1 aromatic heterocycles. The van der Waals surface area contributed by atoms with Gasteiger partial charge in [0.05, 0.1) is 6.04 Å². The van der Waals surface area contributed by atoms with Gasteiger partial charge in [-0.2, -0.15) is 0 Å². The van der Waals surface area contributed by atoms with E-state index in [1.54, 1.807) is 36.4 Å². The van der Waals surface area contributed by atoms with Gasteiger partial charge >= 0.3 is 6.09 Å². The monoisotopic (exact) mass is 417 g/mol. The molecule has 1 atom stereocenters. The molecule has 148 valence electrons.